The fourth-order valence-electron chi connectivity index (χ4n) is 2.38. The molecule has 9 heteroatoms. The number of pyridine rings is 1. The third-order valence-corrected chi connectivity index (χ3v) is 3.68. The molecule has 0 amide bonds. The Balaban J connectivity index is 2.00. The number of ether oxygens (including phenoxy) is 1. The Hall–Kier alpha value is -3.04. The number of hydrogen-bond donors (Lipinski definition) is 2. The van der Waals surface area contributed by atoms with E-state index in [0.29, 0.717) is 11.1 Å². The highest BCUT2D eigenvalue weighted by atomic mass is 19.3. The Morgan fingerprint density at radius 3 is 2.26 bits per heavy atom. The maximum absolute atomic E-state index is 13.2. The molecule has 0 saturated heterocycles. The molecule has 140 valence electrons. The van der Waals surface area contributed by atoms with Crippen molar-refractivity contribution in [1.29, 1.82) is 0 Å². The molecule has 0 unspecified atom stereocenters. The predicted octanol–water partition coefficient (Wildman–Crippen LogP) is 2.85. The highest BCUT2D eigenvalue weighted by Crippen LogP contribution is 2.32. The van der Waals surface area contributed by atoms with Gasteiger partial charge in [-0.3, -0.25) is 0 Å². The van der Waals surface area contributed by atoms with E-state index in [4.69, 9.17) is 5.11 Å². The largest absolute Gasteiger partial charge is 0.432 e. The molecule has 6 nitrogen and oxygen atoms in total. The van der Waals surface area contributed by atoms with Gasteiger partial charge < -0.3 is 14.9 Å². The standard InChI is InChI=1S/C18H14F3N3O3/c19-12-3-1-10(2-4-12)16-14(27-18(20)21)6-5-13(24-16)17(26)11-7-22-15(9-25)23-8-11/h1-8,17-18,25-26H,9H2/t17-/m0/s1. The molecule has 2 N–H and O–H groups in total. The van der Waals surface area contributed by atoms with Gasteiger partial charge in [0.05, 0.1) is 5.69 Å². The van der Waals surface area contributed by atoms with Crippen molar-refractivity contribution in [3.05, 3.63) is 71.7 Å². The molecule has 3 rings (SSSR count). The van der Waals surface area contributed by atoms with E-state index >= 15 is 0 Å². The second-order valence-electron chi connectivity index (χ2n) is 5.46. The molecular formula is C18H14F3N3O3. The quantitative estimate of drug-likeness (QED) is 0.687. The van der Waals surface area contributed by atoms with E-state index in [-0.39, 0.29) is 29.6 Å². The van der Waals surface area contributed by atoms with Crippen LogP contribution in [0.25, 0.3) is 11.3 Å². The van der Waals surface area contributed by atoms with E-state index in [0.717, 1.165) is 12.1 Å². The van der Waals surface area contributed by atoms with Gasteiger partial charge in [-0.25, -0.2) is 19.3 Å². The summed E-state index contributed by atoms with van der Waals surface area (Å²) in [4.78, 5) is 12.0. The van der Waals surface area contributed by atoms with Gasteiger partial charge in [-0.15, -0.1) is 0 Å². The molecule has 2 heterocycles. The number of hydrogen-bond acceptors (Lipinski definition) is 6. The summed E-state index contributed by atoms with van der Waals surface area (Å²) in [5.74, 6) is -0.515. The Kier molecular flexibility index (Phi) is 5.63. The first-order valence-corrected chi connectivity index (χ1v) is 7.79. The minimum Gasteiger partial charge on any atom is -0.432 e. The summed E-state index contributed by atoms with van der Waals surface area (Å²) in [5.41, 5.74) is 0.802. The topological polar surface area (TPSA) is 88.4 Å². The Labute approximate surface area is 151 Å². The maximum atomic E-state index is 13.2. The van der Waals surface area contributed by atoms with E-state index in [1.165, 1.54) is 36.7 Å². The van der Waals surface area contributed by atoms with Crippen molar-refractivity contribution < 1.29 is 28.1 Å². The van der Waals surface area contributed by atoms with Gasteiger partial charge in [-0.2, -0.15) is 8.78 Å². The third kappa shape index (κ3) is 4.39. The highest BCUT2D eigenvalue weighted by Gasteiger charge is 2.19. The third-order valence-electron chi connectivity index (χ3n) is 3.68. The molecule has 0 saturated carbocycles. The van der Waals surface area contributed by atoms with Crippen LogP contribution in [0.2, 0.25) is 0 Å². The first-order valence-electron chi connectivity index (χ1n) is 7.79. The van der Waals surface area contributed by atoms with Gasteiger partial charge in [0.15, 0.2) is 11.6 Å². The molecule has 0 aliphatic carbocycles. The Bertz CT molecular complexity index is 906. The van der Waals surface area contributed by atoms with Crippen LogP contribution in [-0.2, 0) is 6.61 Å². The zero-order valence-electron chi connectivity index (χ0n) is 13.8. The predicted molar refractivity (Wildman–Crippen MR) is 88.3 cm³/mol. The van der Waals surface area contributed by atoms with Crippen LogP contribution in [-0.4, -0.2) is 31.8 Å². The number of rotatable bonds is 6. The molecule has 27 heavy (non-hydrogen) atoms. The van der Waals surface area contributed by atoms with Gasteiger partial charge in [-0.1, -0.05) is 0 Å². The molecule has 0 spiro atoms. The van der Waals surface area contributed by atoms with E-state index in [2.05, 4.69) is 19.7 Å². The first-order chi connectivity index (χ1) is 13.0. The van der Waals surface area contributed by atoms with Gasteiger partial charge in [0.2, 0.25) is 0 Å². The van der Waals surface area contributed by atoms with Crippen molar-refractivity contribution in [2.45, 2.75) is 19.3 Å². The minimum absolute atomic E-state index is 0.0275. The summed E-state index contributed by atoms with van der Waals surface area (Å²) in [6.45, 7) is -3.41. The van der Waals surface area contributed by atoms with Crippen molar-refractivity contribution >= 4 is 0 Å². The van der Waals surface area contributed by atoms with Crippen LogP contribution in [0.5, 0.6) is 5.75 Å². The van der Waals surface area contributed by atoms with E-state index in [9.17, 15) is 18.3 Å². The Morgan fingerprint density at radius 1 is 1.00 bits per heavy atom. The van der Waals surface area contributed by atoms with E-state index < -0.39 is 18.5 Å². The lowest BCUT2D eigenvalue weighted by atomic mass is 10.1. The summed E-state index contributed by atoms with van der Waals surface area (Å²) < 4.78 is 43.0. The summed E-state index contributed by atoms with van der Waals surface area (Å²) >= 11 is 0. The zero-order valence-corrected chi connectivity index (χ0v) is 13.8. The molecule has 0 bridgehead atoms. The molecule has 0 aliphatic heterocycles. The number of alkyl halides is 2. The fraction of sp³-hybridized carbons (Fsp3) is 0.167. The van der Waals surface area contributed by atoms with E-state index in [1.54, 1.807) is 0 Å². The van der Waals surface area contributed by atoms with E-state index in [1.807, 2.05) is 0 Å². The maximum Gasteiger partial charge on any atom is 0.387 e. The fourth-order valence-corrected chi connectivity index (χ4v) is 2.38. The SMILES string of the molecule is OCc1ncc([C@H](O)c2ccc(OC(F)F)c(-c3ccc(F)cc3)n2)cn1. The lowest BCUT2D eigenvalue weighted by Gasteiger charge is -2.15. The summed E-state index contributed by atoms with van der Waals surface area (Å²) in [6.07, 6.45) is 1.41. The van der Waals surface area contributed by atoms with Crippen molar-refractivity contribution in [2.75, 3.05) is 0 Å². The van der Waals surface area contributed by atoms with Crippen LogP contribution in [0.3, 0.4) is 0 Å². The zero-order chi connectivity index (χ0) is 19.4. The molecule has 1 atom stereocenters. The summed E-state index contributed by atoms with van der Waals surface area (Å²) in [5, 5.41) is 19.5. The van der Waals surface area contributed by atoms with Crippen LogP contribution in [0.15, 0.2) is 48.8 Å². The first kappa shape index (κ1) is 18.7. The lowest BCUT2D eigenvalue weighted by molar-refractivity contribution is -0.0496. The van der Waals surface area contributed by atoms with Gasteiger partial charge in [-0.05, 0) is 36.4 Å². The van der Waals surface area contributed by atoms with Crippen LogP contribution in [0.1, 0.15) is 23.2 Å². The van der Waals surface area contributed by atoms with Crippen molar-refractivity contribution in [3.8, 4) is 17.0 Å². The minimum atomic E-state index is -3.07. The second-order valence-corrected chi connectivity index (χ2v) is 5.46. The van der Waals surface area contributed by atoms with Crippen molar-refractivity contribution in [2.24, 2.45) is 0 Å². The van der Waals surface area contributed by atoms with Crippen molar-refractivity contribution in [3.63, 3.8) is 0 Å². The molecule has 1 aromatic carbocycles. The second kappa shape index (κ2) is 8.11. The van der Waals surface area contributed by atoms with Crippen LogP contribution in [0.4, 0.5) is 13.2 Å². The van der Waals surface area contributed by atoms with Crippen LogP contribution < -0.4 is 4.74 Å². The number of aromatic nitrogens is 3. The molecule has 3 aromatic rings. The molecule has 2 aromatic heterocycles. The lowest BCUT2D eigenvalue weighted by Crippen LogP contribution is -2.08. The average Bonchev–Trinajstić information content (AvgIpc) is 2.68. The number of aliphatic hydroxyl groups is 2. The number of halogens is 3. The van der Waals surface area contributed by atoms with Gasteiger partial charge in [0.25, 0.3) is 0 Å². The average molecular weight is 377 g/mol. The molecule has 0 radical (unpaired) electrons. The number of nitrogens with zero attached hydrogens (tertiary/aromatic N) is 3. The Morgan fingerprint density at radius 2 is 1.67 bits per heavy atom. The molecule has 0 aliphatic rings. The molecular weight excluding hydrogens is 363 g/mol. The van der Waals surface area contributed by atoms with Gasteiger partial charge in [0.1, 0.15) is 24.2 Å². The highest BCUT2D eigenvalue weighted by molar-refractivity contribution is 5.66. The van der Waals surface area contributed by atoms with Crippen molar-refractivity contribution in [1.82, 2.24) is 15.0 Å². The summed E-state index contributed by atoms with van der Waals surface area (Å²) in [6, 6.07) is 7.63. The smallest absolute Gasteiger partial charge is 0.387 e. The number of aliphatic hydroxyl groups excluding tert-OH is 2. The summed E-state index contributed by atoms with van der Waals surface area (Å²) in [7, 11) is 0. The van der Waals surface area contributed by atoms with Crippen LogP contribution >= 0.6 is 0 Å². The van der Waals surface area contributed by atoms with Crippen LogP contribution in [0, 0.1) is 5.82 Å². The monoisotopic (exact) mass is 377 g/mol. The van der Waals surface area contributed by atoms with Gasteiger partial charge in [0, 0.05) is 23.5 Å². The molecule has 0 fully saturated rings. The normalized spacial score (nSPS) is 12.2. The number of benzene rings is 1. The van der Waals surface area contributed by atoms with Gasteiger partial charge >= 0.3 is 6.61 Å².